The SMILES string of the molecule is CC1(CNc2ccnc3ccc(Br)cc23)COC1. The van der Waals surface area contributed by atoms with Gasteiger partial charge in [0.15, 0.2) is 0 Å². The van der Waals surface area contributed by atoms with Gasteiger partial charge in [-0.3, -0.25) is 4.98 Å². The van der Waals surface area contributed by atoms with E-state index in [4.69, 9.17) is 4.74 Å². The van der Waals surface area contributed by atoms with Crippen LogP contribution in [-0.2, 0) is 4.74 Å². The lowest BCUT2D eigenvalue weighted by Gasteiger charge is -2.38. The molecule has 1 saturated heterocycles. The first-order valence-electron chi connectivity index (χ1n) is 6.02. The Hall–Kier alpha value is -1.13. The van der Waals surface area contributed by atoms with Crippen molar-refractivity contribution in [2.24, 2.45) is 5.41 Å². The molecular formula is C14H15BrN2O. The van der Waals surface area contributed by atoms with Crippen molar-refractivity contribution in [1.82, 2.24) is 4.98 Å². The second-order valence-electron chi connectivity index (χ2n) is 5.18. The van der Waals surface area contributed by atoms with Crippen molar-refractivity contribution < 1.29 is 4.74 Å². The van der Waals surface area contributed by atoms with Gasteiger partial charge in [-0.05, 0) is 24.3 Å². The zero-order valence-electron chi connectivity index (χ0n) is 10.2. The number of rotatable bonds is 3. The summed E-state index contributed by atoms with van der Waals surface area (Å²) in [5.41, 5.74) is 2.41. The van der Waals surface area contributed by atoms with E-state index in [1.54, 1.807) is 0 Å². The van der Waals surface area contributed by atoms with E-state index in [-0.39, 0.29) is 5.41 Å². The van der Waals surface area contributed by atoms with Crippen LogP contribution in [0.2, 0.25) is 0 Å². The fourth-order valence-corrected chi connectivity index (χ4v) is 2.49. The number of pyridine rings is 1. The molecule has 0 amide bonds. The Bertz CT molecular complexity index is 581. The molecule has 1 aromatic heterocycles. The predicted molar refractivity (Wildman–Crippen MR) is 76.9 cm³/mol. The Kier molecular flexibility index (Phi) is 2.99. The fraction of sp³-hybridized carbons (Fsp3) is 0.357. The average Bonchev–Trinajstić information content (AvgIpc) is 2.34. The first-order valence-corrected chi connectivity index (χ1v) is 6.82. The summed E-state index contributed by atoms with van der Waals surface area (Å²) in [7, 11) is 0. The largest absolute Gasteiger partial charge is 0.384 e. The Balaban J connectivity index is 1.88. The van der Waals surface area contributed by atoms with Crippen LogP contribution in [0.1, 0.15) is 6.92 Å². The van der Waals surface area contributed by atoms with E-state index in [1.807, 2.05) is 24.4 Å². The number of benzene rings is 1. The lowest BCUT2D eigenvalue weighted by molar-refractivity contribution is -0.0924. The minimum Gasteiger partial charge on any atom is -0.384 e. The van der Waals surface area contributed by atoms with Crippen molar-refractivity contribution in [3.8, 4) is 0 Å². The molecule has 3 rings (SSSR count). The van der Waals surface area contributed by atoms with E-state index in [9.17, 15) is 0 Å². The van der Waals surface area contributed by atoms with Crippen molar-refractivity contribution in [3.63, 3.8) is 0 Å². The monoisotopic (exact) mass is 306 g/mol. The first kappa shape index (κ1) is 11.9. The minimum absolute atomic E-state index is 0.265. The normalized spacial score (nSPS) is 17.4. The molecule has 0 aliphatic carbocycles. The number of aromatic nitrogens is 1. The highest BCUT2D eigenvalue weighted by molar-refractivity contribution is 9.10. The molecule has 1 N–H and O–H groups in total. The summed E-state index contributed by atoms with van der Waals surface area (Å²) in [5.74, 6) is 0. The summed E-state index contributed by atoms with van der Waals surface area (Å²) >= 11 is 3.51. The molecule has 1 aliphatic rings. The summed E-state index contributed by atoms with van der Waals surface area (Å²) in [6.07, 6.45) is 1.85. The molecule has 3 nitrogen and oxygen atoms in total. The van der Waals surface area contributed by atoms with E-state index in [0.29, 0.717) is 0 Å². The number of fused-ring (bicyclic) bond motifs is 1. The molecule has 18 heavy (non-hydrogen) atoms. The van der Waals surface area contributed by atoms with Crippen molar-refractivity contribution in [2.45, 2.75) is 6.92 Å². The van der Waals surface area contributed by atoms with Gasteiger partial charge in [0.05, 0.1) is 18.7 Å². The first-order chi connectivity index (χ1) is 8.66. The van der Waals surface area contributed by atoms with Gasteiger partial charge in [0.1, 0.15) is 0 Å². The molecule has 0 atom stereocenters. The summed E-state index contributed by atoms with van der Waals surface area (Å²) in [6, 6.07) is 8.17. The van der Waals surface area contributed by atoms with Crippen molar-refractivity contribution in [3.05, 3.63) is 34.9 Å². The summed E-state index contributed by atoms with van der Waals surface area (Å²) in [4.78, 5) is 4.38. The standard InChI is InChI=1S/C14H15BrN2O/c1-14(8-18-9-14)7-17-13-4-5-16-12-3-2-10(15)6-11(12)13/h2-6H,7-9H2,1H3,(H,16,17). The highest BCUT2D eigenvalue weighted by Crippen LogP contribution is 2.29. The second-order valence-corrected chi connectivity index (χ2v) is 6.09. The fourth-order valence-electron chi connectivity index (χ4n) is 2.13. The molecule has 4 heteroatoms. The van der Waals surface area contributed by atoms with Gasteiger partial charge in [-0.25, -0.2) is 0 Å². The van der Waals surface area contributed by atoms with Crippen LogP contribution in [0.15, 0.2) is 34.9 Å². The molecule has 2 heterocycles. The van der Waals surface area contributed by atoms with Crippen molar-refractivity contribution in [2.75, 3.05) is 25.1 Å². The van der Waals surface area contributed by atoms with Gasteiger partial charge in [0.2, 0.25) is 0 Å². The quantitative estimate of drug-likeness (QED) is 0.943. The number of anilines is 1. The number of nitrogens with one attached hydrogen (secondary N) is 1. The van der Waals surface area contributed by atoms with Crippen LogP contribution in [0.25, 0.3) is 10.9 Å². The van der Waals surface area contributed by atoms with Crippen LogP contribution in [0.3, 0.4) is 0 Å². The molecule has 0 saturated carbocycles. The average molecular weight is 307 g/mol. The Labute approximate surface area is 115 Å². The van der Waals surface area contributed by atoms with E-state index in [2.05, 4.69) is 39.2 Å². The molecule has 94 valence electrons. The van der Waals surface area contributed by atoms with E-state index in [1.165, 1.54) is 0 Å². The van der Waals surface area contributed by atoms with E-state index in [0.717, 1.165) is 40.8 Å². The maximum absolute atomic E-state index is 5.27. The summed E-state index contributed by atoms with van der Waals surface area (Å²) in [6.45, 7) is 4.85. The maximum Gasteiger partial charge on any atom is 0.0723 e. The molecule has 1 aromatic carbocycles. The van der Waals surface area contributed by atoms with Crippen molar-refractivity contribution >= 4 is 32.5 Å². The van der Waals surface area contributed by atoms with Crippen LogP contribution in [0, 0.1) is 5.41 Å². The second kappa shape index (κ2) is 4.52. The van der Waals surface area contributed by atoms with Gasteiger partial charge < -0.3 is 10.1 Å². The van der Waals surface area contributed by atoms with Crippen LogP contribution >= 0.6 is 15.9 Å². The summed E-state index contributed by atoms with van der Waals surface area (Å²) < 4.78 is 6.35. The number of nitrogens with zero attached hydrogens (tertiary/aromatic N) is 1. The lowest BCUT2D eigenvalue weighted by atomic mass is 9.88. The minimum atomic E-state index is 0.265. The zero-order valence-corrected chi connectivity index (χ0v) is 11.8. The lowest BCUT2D eigenvalue weighted by Crippen LogP contribution is -2.45. The molecule has 1 aliphatic heterocycles. The molecule has 2 aromatic rings. The van der Waals surface area contributed by atoms with Crippen LogP contribution in [0.5, 0.6) is 0 Å². The van der Waals surface area contributed by atoms with E-state index >= 15 is 0 Å². The highest BCUT2D eigenvalue weighted by Gasteiger charge is 2.33. The zero-order chi connectivity index (χ0) is 12.6. The Morgan fingerprint density at radius 2 is 2.22 bits per heavy atom. The predicted octanol–water partition coefficient (Wildman–Crippen LogP) is 3.45. The van der Waals surface area contributed by atoms with Gasteiger partial charge in [-0.1, -0.05) is 22.9 Å². The van der Waals surface area contributed by atoms with Crippen LogP contribution in [0.4, 0.5) is 5.69 Å². The topological polar surface area (TPSA) is 34.2 Å². The third-order valence-electron chi connectivity index (χ3n) is 3.31. The molecular weight excluding hydrogens is 292 g/mol. The van der Waals surface area contributed by atoms with Gasteiger partial charge in [-0.15, -0.1) is 0 Å². The smallest absolute Gasteiger partial charge is 0.0723 e. The number of ether oxygens (including phenoxy) is 1. The van der Waals surface area contributed by atoms with Crippen molar-refractivity contribution in [1.29, 1.82) is 0 Å². The van der Waals surface area contributed by atoms with Crippen LogP contribution in [-0.4, -0.2) is 24.7 Å². The number of hydrogen-bond donors (Lipinski definition) is 1. The molecule has 0 unspecified atom stereocenters. The Morgan fingerprint density at radius 3 is 2.94 bits per heavy atom. The number of hydrogen-bond acceptors (Lipinski definition) is 3. The number of halogens is 1. The van der Waals surface area contributed by atoms with Crippen LogP contribution < -0.4 is 5.32 Å². The third kappa shape index (κ3) is 2.22. The molecule has 1 fully saturated rings. The van der Waals surface area contributed by atoms with Gasteiger partial charge in [0, 0.05) is 33.7 Å². The van der Waals surface area contributed by atoms with E-state index < -0.39 is 0 Å². The van der Waals surface area contributed by atoms with Gasteiger partial charge >= 0.3 is 0 Å². The van der Waals surface area contributed by atoms with Gasteiger partial charge in [0.25, 0.3) is 0 Å². The molecule has 0 spiro atoms. The highest BCUT2D eigenvalue weighted by atomic mass is 79.9. The molecule has 0 bridgehead atoms. The van der Waals surface area contributed by atoms with Gasteiger partial charge in [-0.2, -0.15) is 0 Å². The third-order valence-corrected chi connectivity index (χ3v) is 3.80. The summed E-state index contributed by atoms with van der Waals surface area (Å²) in [5, 5.41) is 4.67. The molecule has 0 radical (unpaired) electrons. The Morgan fingerprint density at radius 1 is 1.39 bits per heavy atom. The maximum atomic E-state index is 5.27.